The number of anilines is 1. The molecule has 162 valence electrons. The molecule has 1 aliphatic carbocycles. The summed E-state index contributed by atoms with van der Waals surface area (Å²) in [6, 6.07) is 16.2. The SMILES string of the molecule is COc1ccc(N2CN=C(n3ccc4ccccc43)N(C3CCCCCC3)C2)cc1F. The summed E-state index contributed by atoms with van der Waals surface area (Å²) in [6.45, 7) is 1.19. The highest BCUT2D eigenvalue weighted by Crippen LogP contribution is 2.29. The lowest BCUT2D eigenvalue weighted by Crippen LogP contribution is -2.53. The molecule has 31 heavy (non-hydrogen) atoms. The van der Waals surface area contributed by atoms with E-state index >= 15 is 0 Å². The third-order valence-electron chi connectivity index (χ3n) is 6.54. The summed E-state index contributed by atoms with van der Waals surface area (Å²) in [5, 5.41) is 1.21. The first-order valence-corrected chi connectivity index (χ1v) is 11.2. The van der Waals surface area contributed by atoms with Crippen LogP contribution in [0.3, 0.4) is 0 Å². The molecule has 2 aliphatic rings. The quantitative estimate of drug-likeness (QED) is 0.528. The molecule has 0 amide bonds. The summed E-state index contributed by atoms with van der Waals surface area (Å²) in [5.41, 5.74) is 2.00. The summed E-state index contributed by atoms with van der Waals surface area (Å²) >= 11 is 0. The van der Waals surface area contributed by atoms with Crippen LogP contribution in [0, 0.1) is 5.82 Å². The second-order valence-corrected chi connectivity index (χ2v) is 8.46. The Morgan fingerprint density at radius 2 is 1.81 bits per heavy atom. The first-order chi connectivity index (χ1) is 15.2. The number of ether oxygens (including phenoxy) is 1. The number of aromatic nitrogens is 1. The molecule has 5 rings (SSSR count). The number of methoxy groups -OCH3 is 1. The van der Waals surface area contributed by atoms with Gasteiger partial charge in [-0.05, 0) is 37.1 Å². The number of nitrogens with zero attached hydrogens (tertiary/aromatic N) is 4. The van der Waals surface area contributed by atoms with E-state index in [-0.39, 0.29) is 11.6 Å². The molecule has 2 aromatic carbocycles. The normalized spacial score (nSPS) is 18.2. The average molecular weight is 421 g/mol. The third kappa shape index (κ3) is 3.87. The molecule has 1 fully saturated rings. The van der Waals surface area contributed by atoms with E-state index in [2.05, 4.69) is 50.9 Å². The van der Waals surface area contributed by atoms with Crippen molar-refractivity contribution >= 4 is 22.5 Å². The summed E-state index contributed by atoms with van der Waals surface area (Å²) in [4.78, 5) is 9.59. The van der Waals surface area contributed by atoms with Crippen molar-refractivity contribution in [1.29, 1.82) is 0 Å². The van der Waals surface area contributed by atoms with E-state index in [1.54, 1.807) is 12.1 Å². The predicted molar refractivity (Wildman–Crippen MR) is 123 cm³/mol. The molecule has 1 aliphatic heterocycles. The predicted octanol–water partition coefficient (Wildman–Crippen LogP) is 5.45. The second kappa shape index (κ2) is 8.61. The van der Waals surface area contributed by atoms with E-state index in [0.717, 1.165) is 11.6 Å². The summed E-state index contributed by atoms with van der Waals surface area (Å²) in [6.07, 6.45) is 9.56. The number of rotatable bonds is 3. The van der Waals surface area contributed by atoms with E-state index < -0.39 is 0 Å². The van der Waals surface area contributed by atoms with Crippen molar-refractivity contribution in [2.24, 2.45) is 4.99 Å². The monoisotopic (exact) mass is 420 g/mol. The lowest BCUT2D eigenvalue weighted by atomic mass is 10.1. The zero-order valence-electron chi connectivity index (χ0n) is 18.0. The fraction of sp³-hybridized carbons (Fsp3) is 0.400. The molecule has 1 aromatic heterocycles. The van der Waals surface area contributed by atoms with Crippen molar-refractivity contribution < 1.29 is 9.13 Å². The van der Waals surface area contributed by atoms with Crippen molar-refractivity contribution in [2.45, 2.75) is 44.6 Å². The Kier molecular flexibility index (Phi) is 5.53. The highest BCUT2D eigenvalue weighted by atomic mass is 19.1. The topological polar surface area (TPSA) is 33.0 Å². The molecule has 0 spiro atoms. The lowest BCUT2D eigenvalue weighted by molar-refractivity contribution is 0.264. The van der Waals surface area contributed by atoms with Crippen LogP contribution in [-0.2, 0) is 0 Å². The molecule has 0 bridgehead atoms. The molecule has 0 unspecified atom stereocenters. The van der Waals surface area contributed by atoms with Crippen LogP contribution >= 0.6 is 0 Å². The second-order valence-electron chi connectivity index (χ2n) is 8.46. The van der Waals surface area contributed by atoms with Crippen molar-refractivity contribution in [3.05, 3.63) is 60.5 Å². The molecule has 0 radical (unpaired) electrons. The van der Waals surface area contributed by atoms with Gasteiger partial charge in [-0.25, -0.2) is 9.38 Å². The zero-order valence-corrected chi connectivity index (χ0v) is 18.0. The Bertz CT molecular complexity index is 1080. The highest BCUT2D eigenvalue weighted by molar-refractivity contribution is 5.94. The molecule has 0 N–H and O–H groups in total. The minimum absolute atomic E-state index is 0.268. The molecule has 0 atom stereocenters. The summed E-state index contributed by atoms with van der Waals surface area (Å²) in [7, 11) is 1.49. The van der Waals surface area contributed by atoms with Crippen LogP contribution < -0.4 is 9.64 Å². The van der Waals surface area contributed by atoms with Crippen LogP contribution in [0.1, 0.15) is 38.5 Å². The zero-order chi connectivity index (χ0) is 21.2. The number of aliphatic imine (C=N–C) groups is 1. The van der Waals surface area contributed by atoms with Crippen LogP contribution in [0.4, 0.5) is 10.1 Å². The first-order valence-electron chi connectivity index (χ1n) is 11.2. The smallest absolute Gasteiger partial charge is 0.208 e. The Morgan fingerprint density at radius 3 is 2.58 bits per heavy atom. The fourth-order valence-corrected chi connectivity index (χ4v) is 4.87. The maximum atomic E-state index is 14.4. The molecule has 0 saturated heterocycles. The van der Waals surface area contributed by atoms with Gasteiger partial charge in [0.25, 0.3) is 0 Å². The Balaban J connectivity index is 1.52. The van der Waals surface area contributed by atoms with E-state index in [9.17, 15) is 4.39 Å². The van der Waals surface area contributed by atoms with Gasteiger partial charge in [-0.2, -0.15) is 0 Å². The number of fused-ring (bicyclic) bond motifs is 1. The highest BCUT2D eigenvalue weighted by Gasteiger charge is 2.30. The van der Waals surface area contributed by atoms with Crippen molar-refractivity contribution in [3.8, 4) is 5.75 Å². The van der Waals surface area contributed by atoms with Gasteiger partial charge in [0.05, 0.1) is 19.3 Å². The number of hydrogen-bond donors (Lipinski definition) is 0. The average Bonchev–Trinajstić information content (AvgIpc) is 3.04. The van der Waals surface area contributed by atoms with Gasteiger partial charge in [0.15, 0.2) is 11.6 Å². The minimum Gasteiger partial charge on any atom is -0.494 e. The molecule has 6 heteroatoms. The van der Waals surface area contributed by atoms with Crippen molar-refractivity contribution in [3.63, 3.8) is 0 Å². The van der Waals surface area contributed by atoms with E-state index in [1.807, 2.05) is 6.07 Å². The number of hydrogen-bond acceptors (Lipinski definition) is 4. The van der Waals surface area contributed by atoms with Gasteiger partial charge in [-0.1, -0.05) is 43.9 Å². The largest absolute Gasteiger partial charge is 0.494 e. The summed E-state index contributed by atoms with van der Waals surface area (Å²) < 4.78 is 21.7. The van der Waals surface area contributed by atoms with E-state index in [4.69, 9.17) is 9.73 Å². The van der Waals surface area contributed by atoms with Crippen molar-refractivity contribution in [2.75, 3.05) is 25.3 Å². The van der Waals surface area contributed by atoms with Gasteiger partial charge in [0.2, 0.25) is 5.96 Å². The Hall–Kier alpha value is -3.02. The molecule has 2 heterocycles. The van der Waals surface area contributed by atoms with Gasteiger partial charge in [-0.3, -0.25) is 4.57 Å². The Morgan fingerprint density at radius 1 is 1.00 bits per heavy atom. The van der Waals surface area contributed by atoms with Gasteiger partial charge < -0.3 is 14.5 Å². The van der Waals surface area contributed by atoms with Crippen LogP contribution in [0.2, 0.25) is 0 Å². The van der Waals surface area contributed by atoms with E-state index in [1.165, 1.54) is 56.5 Å². The standard InChI is InChI=1S/C25H29FN4O/c1-31-24-13-12-21(16-22(24)26)28-17-27-25(29-15-14-19-8-6-7-11-23(19)29)30(18-28)20-9-4-2-3-5-10-20/h6-8,11-16,20H,2-5,9-10,17-18H2,1H3. The van der Waals surface area contributed by atoms with Crippen molar-refractivity contribution in [1.82, 2.24) is 9.47 Å². The minimum atomic E-state index is -0.341. The number of halogens is 1. The van der Waals surface area contributed by atoms with Crippen LogP contribution in [-0.4, -0.2) is 41.9 Å². The molecule has 5 nitrogen and oxygen atoms in total. The number of para-hydroxylation sites is 1. The summed E-state index contributed by atoms with van der Waals surface area (Å²) in [5.74, 6) is 0.926. The maximum absolute atomic E-state index is 14.4. The Labute approximate surface area is 182 Å². The first kappa shape index (κ1) is 19.9. The van der Waals surface area contributed by atoms with Gasteiger partial charge >= 0.3 is 0 Å². The lowest BCUT2D eigenvalue weighted by Gasteiger charge is -2.42. The van der Waals surface area contributed by atoms with Gasteiger partial charge in [0, 0.05) is 29.4 Å². The molecule has 1 saturated carbocycles. The van der Waals surface area contributed by atoms with Gasteiger partial charge in [-0.15, -0.1) is 0 Å². The maximum Gasteiger partial charge on any atom is 0.208 e. The molecular formula is C25H29FN4O. The fourth-order valence-electron chi connectivity index (χ4n) is 4.87. The number of benzene rings is 2. The van der Waals surface area contributed by atoms with Crippen LogP contribution in [0.25, 0.3) is 10.9 Å². The van der Waals surface area contributed by atoms with E-state index in [0.29, 0.717) is 19.4 Å². The third-order valence-corrected chi connectivity index (χ3v) is 6.54. The molecular weight excluding hydrogens is 391 g/mol. The van der Waals surface area contributed by atoms with Crippen LogP contribution in [0.15, 0.2) is 59.7 Å². The van der Waals surface area contributed by atoms with Crippen LogP contribution in [0.5, 0.6) is 5.75 Å². The molecule has 3 aromatic rings. The van der Waals surface area contributed by atoms with Gasteiger partial charge in [0.1, 0.15) is 6.67 Å².